The molecule has 3 aromatic rings. The van der Waals surface area contributed by atoms with Crippen molar-refractivity contribution in [3.63, 3.8) is 0 Å². The summed E-state index contributed by atoms with van der Waals surface area (Å²) >= 11 is 0. The van der Waals surface area contributed by atoms with Crippen LogP contribution in [-0.4, -0.2) is 5.91 Å². The molecule has 0 aliphatic rings. The Kier molecular flexibility index (Phi) is 4.98. The Labute approximate surface area is 146 Å². The van der Waals surface area contributed by atoms with Crippen molar-refractivity contribution in [3.05, 3.63) is 77.3 Å². The third-order valence-electron chi connectivity index (χ3n) is 4.14. The number of amides is 1. The summed E-state index contributed by atoms with van der Waals surface area (Å²) < 4.78 is 19.5. The second kappa shape index (κ2) is 7.34. The lowest BCUT2D eigenvalue weighted by Gasteiger charge is -2.11. The van der Waals surface area contributed by atoms with E-state index in [1.165, 1.54) is 6.07 Å². The van der Waals surface area contributed by atoms with Crippen molar-refractivity contribution in [3.8, 4) is 11.3 Å². The molecule has 0 saturated heterocycles. The number of rotatable bonds is 5. The van der Waals surface area contributed by atoms with Gasteiger partial charge in [0.05, 0.1) is 5.56 Å². The van der Waals surface area contributed by atoms with Gasteiger partial charge in [0.2, 0.25) is 5.91 Å². The number of carbonyl (C=O) groups excluding carboxylic acids is 1. The number of anilines is 1. The first-order valence-corrected chi connectivity index (χ1v) is 8.24. The van der Waals surface area contributed by atoms with Crippen LogP contribution in [0.1, 0.15) is 23.3 Å². The Hall–Kier alpha value is -2.88. The number of aryl methyl sites for hydroxylation is 3. The maximum atomic E-state index is 13.8. The van der Waals surface area contributed by atoms with Gasteiger partial charge in [0.1, 0.15) is 17.3 Å². The zero-order valence-electron chi connectivity index (χ0n) is 14.3. The molecular formula is C21H20FNO2. The normalized spacial score (nSPS) is 10.7. The van der Waals surface area contributed by atoms with Gasteiger partial charge in [-0.05, 0) is 49.2 Å². The zero-order valence-corrected chi connectivity index (χ0v) is 14.3. The highest BCUT2D eigenvalue weighted by molar-refractivity contribution is 5.92. The summed E-state index contributed by atoms with van der Waals surface area (Å²) in [6.07, 6.45) is 0.767. The summed E-state index contributed by atoms with van der Waals surface area (Å²) in [5.41, 5.74) is 3.36. The number of furan rings is 1. The van der Waals surface area contributed by atoms with Crippen LogP contribution in [0.3, 0.4) is 0 Å². The summed E-state index contributed by atoms with van der Waals surface area (Å²) in [5.74, 6) is 0.746. The lowest BCUT2D eigenvalue weighted by molar-refractivity contribution is -0.116. The van der Waals surface area contributed by atoms with Crippen LogP contribution in [0.25, 0.3) is 11.3 Å². The highest BCUT2D eigenvalue weighted by Gasteiger charge is 2.11. The zero-order chi connectivity index (χ0) is 17.8. The van der Waals surface area contributed by atoms with E-state index in [9.17, 15) is 9.18 Å². The van der Waals surface area contributed by atoms with Gasteiger partial charge in [0.25, 0.3) is 0 Å². The molecule has 4 heteroatoms. The first-order chi connectivity index (χ1) is 12.0. The fourth-order valence-corrected chi connectivity index (χ4v) is 2.77. The molecule has 0 aliphatic carbocycles. The van der Waals surface area contributed by atoms with Crippen molar-refractivity contribution in [2.75, 3.05) is 5.32 Å². The smallest absolute Gasteiger partial charge is 0.224 e. The highest BCUT2D eigenvalue weighted by Crippen LogP contribution is 2.25. The molecule has 0 fully saturated rings. The van der Waals surface area contributed by atoms with Crippen LogP contribution in [0.5, 0.6) is 0 Å². The predicted molar refractivity (Wildman–Crippen MR) is 97.0 cm³/mol. The summed E-state index contributed by atoms with van der Waals surface area (Å²) in [4.78, 5) is 12.2. The molecule has 0 atom stereocenters. The van der Waals surface area contributed by atoms with Gasteiger partial charge in [-0.3, -0.25) is 4.79 Å². The fraction of sp³-hybridized carbons (Fsp3) is 0.190. The maximum Gasteiger partial charge on any atom is 0.224 e. The largest absolute Gasteiger partial charge is 0.461 e. The third-order valence-corrected chi connectivity index (χ3v) is 4.14. The topological polar surface area (TPSA) is 42.2 Å². The molecule has 128 valence electrons. The molecule has 1 aromatic heterocycles. The molecule has 1 N–H and O–H groups in total. The minimum Gasteiger partial charge on any atom is -0.461 e. The summed E-state index contributed by atoms with van der Waals surface area (Å²) in [7, 11) is 0. The van der Waals surface area contributed by atoms with Crippen LogP contribution in [0.2, 0.25) is 0 Å². The Morgan fingerprint density at radius 2 is 1.72 bits per heavy atom. The number of para-hydroxylation sites is 1. The minimum atomic E-state index is -0.323. The van der Waals surface area contributed by atoms with E-state index in [0.29, 0.717) is 29.9 Å². The molecule has 25 heavy (non-hydrogen) atoms. The molecule has 1 heterocycles. The fourth-order valence-electron chi connectivity index (χ4n) is 2.77. The Balaban J connectivity index is 1.63. The standard InChI is InChI=1S/C21H20FNO2/c1-14-6-5-7-15(2)21(14)23-20(24)13-11-16-10-12-19(25-16)17-8-3-4-9-18(17)22/h3-10,12H,11,13H2,1-2H3,(H,23,24). The Morgan fingerprint density at radius 3 is 2.44 bits per heavy atom. The summed E-state index contributed by atoms with van der Waals surface area (Å²) in [6.45, 7) is 3.94. The van der Waals surface area contributed by atoms with Gasteiger partial charge in [0.15, 0.2) is 0 Å². The SMILES string of the molecule is Cc1cccc(C)c1NC(=O)CCc1ccc(-c2ccccc2F)o1. The number of hydrogen-bond acceptors (Lipinski definition) is 2. The number of carbonyl (C=O) groups is 1. The van der Waals surface area contributed by atoms with Crippen LogP contribution in [-0.2, 0) is 11.2 Å². The molecule has 0 radical (unpaired) electrons. The van der Waals surface area contributed by atoms with Crippen molar-refractivity contribution >= 4 is 11.6 Å². The van der Waals surface area contributed by atoms with Crippen LogP contribution in [0.4, 0.5) is 10.1 Å². The van der Waals surface area contributed by atoms with Crippen molar-refractivity contribution in [1.29, 1.82) is 0 Å². The van der Waals surface area contributed by atoms with E-state index in [0.717, 1.165) is 16.8 Å². The molecule has 3 rings (SSSR count). The van der Waals surface area contributed by atoms with Gasteiger partial charge >= 0.3 is 0 Å². The maximum absolute atomic E-state index is 13.8. The predicted octanol–water partition coefficient (Wildman–Crippen LogP) is 5.27. The number of halogens is 1. The van der Waals surface area contributed by atoms with E-state index in [4.69, 9.17) is 4.42 Å². The van der Waals surface area contributed by atoms with Gasteiger partial charge in [-0.25, -0.2) is 4.39 Å². The minimum absolute atomic E-state index is 0.0683. The number of hydrogen-bond donors (Lipinski definition) is 1. The van der Waals surface area contributed by atoms with E-state index in [-0.39, 0.29) is 11.7 Å². The Morgan fingerprint density at radius 1 is 1.00 bits per heavy atom. The van der Waals surface area contributed by atoms with E-state index in [1.54, 1.807) is 30.3 Å². The first kappa shape index (κ1) is 17.0. The van der Waals surface area contributed by atoms with Gasteiger partial charge < -0.3 is 9.73 Å². The Bertz CT molecular complexity index is 878. The molecule has 1 amide bonds. The average molecular weight is 337 g/mol. The molecule has 0 bridgehead atoms. The van der Waals surface area contributed by atoms with Crippen molar-refractivity contribution in [1.82, 2.24) is 0 Å². The molecule has 3 nitrogen and oxygen atoms in total. The van der Waals surface area contributed by atoms with Crippen LogP contribution in [0.15, 0.2) is 59.0 Å². The highest BCUT2D eigenvalue weighted by atomic mass is 19.1. The lowest BCUT2D eigenvalue weighted by Crippen LogP contribution is -2.14. The van der Waals surface area contributed by atoms with E-state index in [1.807, 2.05) is 32.0 Å². The molecule has 0 aliphatic heterocycles. The van der Waals surface area contributed by atoms with Crippen molar-refractivity contribution < 1.29 is 13.6 Å². The third kappa shape index (κ3) is 3.97. The second-order valence-electron chi connectivity index (χ2n) is 6.06. The van der Waals surface area contributed by atoms with E-state index >= 15 is 0 Å². The molecular weight excluding hydrogens is 317 g/mol. The molecule has 0 spiro atoms. The van der Waals surface area contributed by atoms with Crippen LogP contribution < -0.4 is 5.32 Å². The van der Waals surface area contributed by atoms with Gasteiger partial charge in [0, 0.05) is 18.5 Å². The second-order valence-corrected chi connectivity index (χ2v) is 6.06. The van der Waals surface area contributed by atoms with Crippen LogP contribution in [0, 0.1) is 19.7 Å². The van der Waals surface area contributed by atoms with E-state index < -0.39 is 0 Å². The quantitative estimate of drug-likeness (QED) is 0.689. The molecule has 0 saturated carbocycles. The van der Waals surface area contributed by atoms with Gasteiger partial charge in [-0.15, -0.1) is 0 Å². The van der Waals surface area contributed by atoms with Crippen molar-refractivity contribution in [2.24, 2.45) is 0 Å². The average Bonchev–Trinajstić information content (AvgIpc) is 3.06. The molecule has 0 unspecified atom stereocenters. The lowest BCUT2D eigenvalue weighted by atomic mass is 10.1. The van der Waals surface area contributed by atoms with Gasteiger partial charge in [-0.2, -0.15) is 0 Å². The monoisotopic (exact) mass is 337 g/mol. The van der Waals surface area contributed by atoms with E-state index in [2.05, 4.69) is 5.32 Å². The van der Waals surface area contributed by atoms with Crippen molar-refractivity contribution in [2.45, 2.75) is 26.7 Å². The van der Waals surface area contributed by atoms with Crippen LogP contribution >= 0.6 is 0 Å². The number of nitrogens with one attached hydrogen (secondary N) is 1. The van der Waals surface area contributed by atoms with Gasteiger partial charge in [-0.1, -0.05) is 30.3 Å². The number of benzene rings is 2. The summed E-state index contributed by atoms with van der Waals surface area (Å²) in [6, 6.07) is 15.9. The first-order valence-electron chi connectivity index (χ1n) is 8.24. The molecule has 2 aromatic carbocycles. The summed E-state index contributed by atoms with van der Waals surface area (Å²) in [5, 5.41) is 2.96.